The Balaban J connectivity index is 4.43. The van der Waals surface area contributed by atoms with Gasteiger partial charge in [-0.2, -0.15) is 0 Å². The largest absolute Gasteiger partial charge is 0.480 e. The summed E-state index contributed by atoms with van der Waals surface area (Å²) < 4.78 is 0. The Morgan fingerprint density at radius 2 is 1.72 bits per heavy atom. The van der Waals surface area contributed by atoms with Gasteiger partial charge in [-0.3, -0.25) is 4.79 Å². The molecule has 18 heavy (non-hydrogen) atoms. The maximum Gasteiger partial charge on any atom is 0.323 e. The number of hydrogen-bond donors (Lipinski definition) is 2. The zero-order valence-electron chi connectivity index (χ0n) is 12.4. The number of carboxylic acid groups (broad SMARTS) is 1. The summed E-state index contributed by atoms with van der Waals surface area (Å²) >= 11 is 0. The van der Waals surface area contributed by atoms with Crippen LogP contribution in [-0.2, 0) is 4.79 Å². The van der Waals surface area contributed by atoms with E-state index in [0.717, 1.165) is 38.8 Å². The predicted octanol–water partition coefficient (Wildman–Crippen LogP) is 2.47. The molecule has 0 aromatic heterocycles. The number of aliphatic carboxylic acids is 1. The molecule has 0 saturated carbocycles. The Morgan fingerprint density at radius 3 is 2.06 bits per heavy atom. The molecule has 0 aliphatic rings. The van der Waals surface area contributed by atoms with Gasteiger partial charge >= 0.3 is 5.97 Å². The van der Waals surface area contributed by atoms with Gasteiger partial charge < -0.3 is 15.7 Å². The van der Waals surface area contributed by atoms with Crippen LogP contribution < -0.4 is 5.73 Å². The van der Waals surface area contributed by atoms with Crippen molar-refractivity contribution in [2.45, 2.75) is 71.4 Å². The SMILES string of the molecule is CCCCN(CCCC)C(C)CC(C)(N)C(=O)O. The second kappa shape index (κ2) is 8.48. The number of nitrogens with zero attached hydrogens (tertiary/aromatic N) is 1. The molecule has 108 valence electrons. The van der Waals surface area contributed by atoms with Crippen molar-refractivity contribution in [2.75, 3.05) is 13.1 Å². The van der Waals surface area contributed by atoms with Crippen molar-refractivity contribution >= 4 is 5.97 Å². The summed E-state index contributed by atoms with van der Waals surface area (Å²) in [5.74, 6) is -0.916. The molecule has 4 nitrogen and oxygen atoms in total. The second-order valence-electron chi connectivity index (χ2n) is 5.52. The van der Waals surface area contributed by atoms with Gasteiger partial charge in [0.25, 0.3) is 0 Å². The zero-order valence-corrected chi connectivity index (χ0v) is 12.4. The molecule has 0 radical (unpaired) electrons. The maximum absolute atomic E-state index is 11.1. The summed E-state index contributed by atoms with van der Waals surface area (Å²) in [6.07, 6.45) is 5.13. The number of nitrogens with two attached hydrogens (primary N) is 1. The third-order valence-electron chi connectivity index (χ3n) is 3.43. The molecular formula is C14H30N2O2. The Morgan fingerprint density at radius 1 is 1.28 bits per heavy atom. The van der Waals surface area contributed by atoms with Gasteiger partial charge in [-0.1, -0.05) is 26.7 Å². The monoisotopic (exact) mass is 258 g/mol. The van der Waals surface area contributed by atoms with E-state index in [-0.39, 0.29) is 6.04 Å². The molecule has 0 spiro atoms. The van der Waals surface area contributed by atoms with E-state index in [0.29, 0.717) is 6.42 Å². The number of carbonyl (C=O) groups is 1. The van der Waals surface area contributed by atoms with E-state index in [9.17, 15) is 4.79 Å². The van der Waals surface area contributed by atoms with E-state index in [1.165, 1.54) is 0 Å². The van der Waals surface area contributed by atoms with Crippen molar-refractivity contribution in [3.63, 3.8) is 0 Å². The molecule has 0 fully saturated rings. The smallest absolute Gasteiger partial charge is 0.323 e. The zero-order chi connectivity index (χ0) is 14.2. The Bertz CT molecular complexity index is 234. The predicted molar refractivity (Wildman–Crippen MR) is 75.7 cm³/mol. The standard InChI is InChI=1S/C14H30N2O2/c1-5-7-9-16(10-8-6-2)12(3)11-14(4,15)13(17)18/h12H,5-11,15H2,1-4H3,(H,17,18). The van der Waals surface area contributed by atoms with Gasteiger partial charge in [0.05, 0.1) is 0 Å². The molecule has 0 rings (SSSR count). The number of hydrogen-bond acceptors (Lipinski definition) is 3. The molecule has 3 N–H and O–H groups in total. The van der Waals surface area contributed by atoms with Crippen LogP contribution in [-0.4, -0.2) is 40.6 Å². The minimum Gasteiger partial charge on any atom is -0.480 e. The average molecular weight is 258 g/mol. The van der Waals surface area contributed by atoms with E-state index in [2.05, 4.69) is 25.7 Å². The molecule has 0 aromatic rings. The van der Waals surface area contributed by atoms with Gasteiger partial charge in [-0.05, 0) is 46.2 Å². The fraction of sp³-hybridized carbons (Fsp3) is 0.929. The van der Waals surface area contributed by atoms with Crippen LogP contribution in [0.15, 0.2) is 0 Å². The fourth-order valence-electron chi connectivity index (χ4n) is 2.11. The first kappa shape index (κ1) is 17.4. The summed E-state index contributed by atoms with van der Waals surface area (Å²) in [5, 5.41) is 9.08. The van der Waals surface area contributed by atoms with Crippen molar-refractivity contribution in [1.82, 2.24) is 4.90 Å². The van der Waals surface area contributed by atoms with Crippen molar-refractivity contribution in [3.05, 3.63) is 0 Å². The summed E-state index contributed by atoms with van der Waals surface area (Å²) in [6.45, 7) is 10.1. The lowest BCUT2D eigenvalue weighted by molar-refractivity contribution is -0.143. The van der Waals surface area contributed by atoms with Gasteiger partial charge in [0.1, 0.15) is 5.54 Å². The van der Waals surface area contributed by atoms with E-state index in [1.54, 1.807) is 6.92 Å². The van der Waals surface area contributed by atoms with E-state index in [1.807, 2.05) is 0 Å². The molecule has 0 amide bonds. The quantitative estimate of drug-likeness (QED) is 0.631. The van der Waals surface area contributed by atoms with Gasteiger partial charge in [0.2, 0.25) is 0 Å². The lowest BCUT2D eigenvalue weighted by Crippen LogP contribution is -2.50. The topological polar surface area (TPSA) is 66.6 Å². The van der Waals surface area contributed by atoms with Gasteiger partial charge in [0.15, 0.2) is 0 Å². The van der Waals surface area contributed by atoms with E-state index >= 15 is 0 Å². The highest BCUT2D eigenvalue weighted by atomic mass is 16.4. The summed E-state index contributed by atoms with van der Waals surface area (Å²) in [6, 6.07) is 0.217. The normalized spacial score (nSPS) is 16.6. The Labute approximate surface area is 112 Å². The van der Waals surface area contributed by atoms with Crippen LogP contribution in [0, 0.1) is 0 Å². The fourth-order valence-corrected chi connectivity index (χ4v) is 2.11. The summed E-state index contributed by atoms with van der Waals surface area (Å²) in [5.41, 5.74) is 4.70. The van der Waals surface area contributed by atoms with Crippen molar-refractivity contribution < 1.29 is 9.90 Å². The molecule has 0 aliphatic heterocycles. The molecule has 4 heteroatoms. The lowest BCUT2D eigenvalue weighted by Gasteiger charge is -2.33. The van der Waals surface area contributed by atoms with Crippen LogP contribution in [0.3, 0.4) is 0 Å². The van der Waals surface area contributed by atoms with E-state index < -0.39 is 11.5 Å². The Hall–Kier alpha value is -0.610. The second-order valence-corrected chi connectivity index (χ2v) is 5.52. The van der Waals surface area contributed by atoms with Crippen LogP contribution in [0.1, 0.15) is 59.8 Å². The molecular weight excluding hydrogens is 228 g/mol. The van der Waals surface area contributed by atoms with Crippen molar-refractivity contribution in [1.29, 1.82) is 0 Å². The first-order chi connectivity index (χ1) is 8.35. The number of carboxylic acids is 1. The van der Waals surface area contributed by atoms with Crippen LogP contribution in [0.5, 0.6) is 0 Å². The molecule has 2 unspecified atom stereocenters. The van der Waals surface area contributed by atoms with Crippen LogP contribution in [0.25, 0.3) is 0 Å². The maximum atomic E-state index is 11.1. The van der Waals surface area contributed by atoms with Gasteiger partial charge in [-0.25, -0.2) is 0 Å². The first-order valence-electron chi connectivity index (χ1n) is 7.11. The van der Waals surface area contributed by atoms with Crippen molar-refractivity contribution in [3.8, 4) is 0 Å². The average Bonchev–Trinajstić information content (AvgIpc) is 2.28. The highest BCUT2D eigenvalue weighted by Crippen LogP contribution is 2.15. The molecule has 2 atom stereocenters. The lowest BCUT2D eigenvalue weighted by atomic mass is 9.94. The Kier molecular flexibility index (Phi) is 8.20. The van der Waals surface area contributed by atoms with Crippen LogP contribution in [0.2, 0.25) is 0 Å². The molecule has 0 bridgehead atoms. The number of unbranched alkanes of at least 4 members (excludes halogenated alkanes) is 2. The van der Waals surface area contributed by atoms with E-state index in [4.69, 9.17) is 10.8 Å². The van der Waals surface area contributed by atoms with Gasteiger partial charge in [0, 0.05) is 6.04 Å². The summed E-state index contributed by atoms with van der Waals surface area (Å²) in [4.78, 5) is 13.4. The third-order valence-corrected chi connectivity index (χ3v) is 3.43. The molecule has 0 aromatic carbocycles. The number of rotatable bonds is 10. The minimum atomic E-state index is -1.13. The van der Waals surface area contributed by atoms with Crippen LogP contribution in [0.4, 0.5) is 0 Å². The van der Waals surface area contributed by atoms with Crippen molar-refractivity contribution in [2.24, 2.45) is 5.73 Å². The first-order valence-corrected chi connectivity index (χ1v) is 7.11. The highest BCUT2D eigenvalue weighted by Gasteiger charge is 2.31. The molecule has 0 aliphatic carbocycles. The highest BCUT2D eigenvalue weighted by molar-refractivity contribution is 5.77. The summed E-state index contributed by atoms with van der Waals surface area (Å²) in [7, 11) is 0. The van der Waals surface area contributed by atoms with Crippen LogP contribution >= 0.6 is 0 Å². The minimum absolute atomic E-state index is 0.217. The molecule has 0 saturated heterocycles. The third kappa shape index (κ3) is 6.36. The van der Waals surface area contributed by atoms with Gasteiger partial charge in [-0.15, -0.1) is 0 Å². The molecule has 0 heterocycles.